The largest absolute Gasteiger partial charge is 0.227 e. The van der Waals surface area contributed by atoms with Crippen molar-refractivity contribution in [2.24, 2.45) is 5.41 Å². The Balaban J connectivity index is 2.97. The molecule has 0 aliphatic heterocycles. The summed E-state index contributed by atoms with van der Waals surface area (Å²) in [7, 11) is -3.21. The van der Waals surface area contributed by atoms with Gasteiger partial charge in [-0.1, -0.05) is 13.8 Å². The van der Waals surface area contributed by atoms with Crippen LogP contribution in [-0.2, 0) is 9.84 Å². The van der Waals surface area contributed by atoms with Crippen molar-refractivity contribution in [2.45, 2.75) is 31.4 Å². The van der Waals surface area contributed by atoms with Gasteiger partial charge in [-0.05, 0) is 18.3 Å². The van der Waals surface area contributed by atoms with Crippen molar-refractivity contribution in [3.63, 3.8) is 0 Å². The summed E-state index contributed by atoms with van der Waals surface area (Å²) in [5, 5.41) is 8.78. The minimum Gasteiger partial charge on any atom is -0.227 e. The molecular weight excluding hydrogens is 174 g/mol. The molecule has 68 valence electrons. The fourth-order valence-electron chi connectivity index (χ4n) is 1.92. The summed E-state index contributed by atoms with van der Waals surface area (Å²) >= 11 is 0. The SMILES string of the molecule is CC1(C)CC(C#N)(S(C)(=O)=O)C1. The lowest BCUT2D eigenvalue weighted by atomic mass is 9.64. The smallest absolute Gasteiger partial charge is 0.166 e. The van der Waals surface area contributed by atoms with E-state index in [0.717, 1.165) is 6.26 Å². The minimum atomic E-state index is -3.21. The van der Waals surface area contributed by atoms with Crippen molar-refractivity contribution in [1.29, 1.82) is 5.26 Å². The highest BCUT2D eigenvalue weighted by Crippen LogP contribution is 2.51. The fourth-order valence-corrected chi connectivity index (χ4v) is 3.39. The van der Waals surface area contributed by atoms with Crippen LogP contribution in [-0.4, -0.2) is 19.4 Å². The van der Waals surface area contributed by atoms with Crippen molar-refractivity contribution in [1.82, 2.24) is 0 Å². The molecule has 0 amide bonds. The molecule has 0 spiro atoms. The topological polar surface area (TPSA) is 57.9 Å². The van der Waals surface area contributed by atoms with Gasteiger partial charge in [0.15, 0.2) is 14.6 Å². The molecule has 0 aromatic rings. The van der Waals surface area contributed by atoms with E-state index < -0.39 is 14.6 Å². The summed E-state index contributed by atoms with van der Waals surface area (Å²) in [4.78, 5) is 0. The zero-order valence-corrected chi connectivity index (χ0v) is 8.40. The molecule has 0 heterocycles. The molecule has 1 saturated carbocycles. The van der Waals surface area contributed by atoms with Crippen molar-refractivity contribution >= 4 is 9.84 Å². The van der Waals surface area contributed by atoms with Gasteiger partial charge in [-0.25, -0.2) is 8.42 Å². The van der Waals surface area contributed by atoms with Gasteiger partial charge in [0, 0.05) is 6.26 Å². The Morgan fingerprint density at radius 3 is 1.83 bits per heavy atom. The summed E-state index contributed by atoms with van der Waals surface area (Å²) in [5.41, 5.74) is 0.0127. The first kappa shape index (κ1) is 9.53. The van der Waals surface area contributed by atoms with Crippen LogP contribution in [0.5, 0.6) is 0 Å². The van der Waals surface area contributed by atoms with Crippen LogP contribution in [0.3, 0.4) is 0 Å². The molecule has 1 aliphatic rings. The predicted octanol–water partition coefficient (Wildman–Crippen LogP) is 1.11. The van der Waals surface area contributed by atoms with E-state index in [2.05, 4.69) is 0 Å². The van der Waals surface area contributed by atoms with E-state index in [9.17, 15) is 8.42 Å². The average Bonchev–Trinajstić information content (AvgIpc) is 1.78. The first-order chi connectivity index (χ1) is 5.22. The first-order valence-electron chi connectivity index (χ1n) is 3.83. The standard InChI is InChI=1S/C8H13NO2S/c1-7(2)4-8(5-7,6-9)12(3,10)11/h4-5H2,1-3H3. The molecule has 1 rings (SSSR count). The second kappa shape index (κ2) is 2.23. The highest BCUT2D eigenvalue weighted by atomic mass is 32.2. The third-order valence-corrected chi connectivity index (χ3v) is 4.24. The summed E-state index contributed by atoms with van der Waals surface area (Å²) < 4.78 is 21.4. The van der Waals surface area contributed by atoms with Gasteiger partial charge in [-0.2, -0.15) is 5.26 Å². The zero-order chi connectivity index (χ0) is 9.62. The number of sulfone groups is 1. The molecule has 0 aromatic heterocycles. The van der Waals surface area contributed by atoms with Gasteiger partial charge in [-0.15, -0.1) is 0 Å². The molecule has 0 N–H and O–H groups in total. The number of nitriles is 1. The molecule has 12 heavy (non-hydrogen) atoms. The summed E-state index contributed by atoms with van der Waals surface area (Å²) in [6.45, 7) is 3.96. The van der Waals surface area contributed by atoms with E-state index in [4.69, 9.17) is 5.26 Å². The van der Waals surface area contributed by atoms with Gasteiger partial charge < -0.3 is 0 Å². The number of hydrogen-bond acceptors (Lipinski definition) is 3. The maximum atomic E-state index is 11.2. The molecular formula is C8H13NO2S. The quantitative estimate of drug-likeness (QED) is 0.618. The second-order valence-electron chi connectivity index (χ2n) is 4.40. The lowest BCUT2D eigenvalue weighted by Gasteiger charge is -2.47. The highest BCUT2D eigenvalue weighted by Gasteiger charge is 2.56. The fraction of sp³-hybridized carbons (Fsp3) is 0.875. The number of hydrogen-bond donors (Lipinski definition) is 0. The molecule has 1 fully saturated rings. The van der Waals surface area contributed by atoms with Gasteiger partial charge in [0.1, 0.15) is 0 Å². The first-order valence-corrected chi connectivity index (χ1v) is 5.72. The monoisotopic (exact) mass is 187 g/mol. The molecule has 0 radical (unpaired) electrons. The summed E-state index contributed by atoms with van der Waals surface area (Å²) in [5.74, 6) is 0. The van der Waals surface area contributed by atoms with E-state index >= 15 is 0 Å². The van der Waals surface area contributed by atoms with Crippen LogP contribution < -0.4 is 0 Å². The van der Waals surface area contributed by atoms with Gasteiger partial charge in [0.25, 0.3) is 0 Å². The average molecular weight is 187 g/mol. The second-order valence-corrected chi connectivity index (χ2v) is 6.72. The molecule has 0 unspecified atom stereocenters. The summed E-state index contributed by atoms with van der Waals surface area (Å²) in [6, 6.07) is 1.92. The van der Waals surface area contributed by atoms with Crippen LogP contribution in [0.25, 0.3) is 0 Å². The Kier molecular flexibility index (Phi) is 1.77. The van der Waals surface area contributed by atoms with Gasteiger partial charge in [-0.3, -0.25) is 0 Å². The van der Waals surface area contributed by atoms with Crippen LogP contribution >= 0.6 is 0 Å². The molecule has 0 bridgehead atoms. The summed E-state index contributed by atoms with van der Waals surface area (Å²) in [6.07, 6.45) is 2.08. The van der Waals surface area contributed by atoms with Gasteiger partial charge in [0.05, 0.1) is 6.07 Å². The van der Waals surface area contributed by atoms with Gasteiger partial charge in [0.2, 0.25) is 0 Å². The maximum Gasteiger partial charge on any atom is 0.166 e. The van der Waals surface area contributed by atoms with Crippen molar-refractivity contribution in [3.8, 4) is 6.07 Å². The maximum absolute atomic E-state index is 11.2. The van der Waals surface area contributed by atoms with Crippen LogP contribution in [0.1, 0.15) is 26.7 Å². The molecule has 0 aromatic carbocycles. The Hall–Kier alpha value is -0.560. The molecule has 3 nitrogen and oxygen atoms in total. The van der Waals surface area contributed by atoms with Crippen LogP contribution in [0.15, 0.2) is 0 Å². The number of rotatable bonds is 1. The predicted molar refractivity (Wildman–Crippen MR) is 46.2 cm³/mol. The highest BCUT2D eigenvalue weighted by molar-refractivity contribution is 7.92. The molecule has 1 aliphatic carbocycles. The normalized spacial score (nSPS) is 25.5. The van der Waals surface area contributed by atoms with E-state index in [-0.39, 0.29) is 5.41 Å². The van der Waals surface area contributed by atoms with E-state index in [1.54, 1.807) is 0 Å². The third kappa shape index (κ3) is 1.22. The Labute approximate surface area is 73.3 Å². The van der Waals surface area contributed by atoms with Crippen molar-refractivity contribution in [3.05, 3.63) is 0 Å². The molecule has 0 saturated heterocycles. The molecule has 0 atom stereocenters. The third-order valence-electron chi connectivity index (χ3n) is 2.44. The minimum absolute atomic E-state index is 0.0127. The van der Waals surface area contributed by atoms with E-state index in [0.29, 0.717) is 12.8 Å². The van der Waals surface area contributed by atoms with E-state index in [1.807, 2.05) is 19.9 Å². The Morgan fingerprint density at radius 2 is 1.75 bits per heavy atom. The lowest BCUT2D eigenvalue weighted by Crippen LogP contribution is -2.53. The van der Waals surface area contributed by atoms with Gasteiger partial charge >= 0.3 is 0 Å². The van der Waals surface area contributed by atoms with Crippen molar-refractivity contribution < 1.29 is 8.42 Å². The van der Waals surface area contributed by atoms with E-state index in [1.165, 1.54) is 0 Å². The Morgan fingerprint density at radius 1 is 1.33 bits per heavy atom. The lowest BCUT2D eigenvalue weighted by molar-refractivity contribution is 0.154. The van der Waals surface area contributed by atoms with Crippen LogP contribution in [0.4, 0.5) is 0 Å². The molecule has 4 heteroatoms. The van der Waals surface area contributed by atoms with Crippen molar-refractivity contribution in [2.75, 3.05) is 6.26 Å². The Bertz CT molecular complexity index is 327. The number of nitrogens with zero attached hydrogens (tertiary/aromatic N) is 1. The zero-order valence-electron chi connectivity index (χ0n) is 7.59. The van der Waals surface area contributed by atoms with Crippen LogP contribution in [0, 0.1) is 16.7 Å². The van der Waals surface area contributed by atoms with Crippen LogP contribution in [0.2, 0.25) is 0 Å².